The molecular formula is C16H24N2O2. The number of nitrogens with one attached hydrogen (secondary N) is 1. The quantitative estimate of drug-likeness (QED) is 0.883. The van der Waals surface area contributed by atoms with Crippen LogP contribution in [0.25, 0.3) is 0 Å². The summed E-state index contributed by atoms with van der Waals surface area (Å²) >= 11 is 0. The van der Waals surface area contributed by atoms with Gasteiger partial charge in [-0.2, -0.15) is 0 Å². The number of hydrogen-bond acceptors (Lipinski definition) is 3. The molecule has 0 spiro atoms. The predicted octanol–water partition coefficient (Wildman–Crippen LogP) is 1.93. The van der Waals surface area contributed by atoms with Gasteiger partial charge >= 0.3 is 0 Å². The van der Waals surface area contributed by atoms with Crippen LogP contribution in [-0.4, -0.2) is 25.2 Å². The highest BCUT2D eigenvalue weighted by molar-refractivity contribution is 5.84. The zero-order valence-electron chi connectivity index (χ0n) is 12.5. The molecule has 1 heterocycles. The third-order valence-corrected chi connectivity index (χ3v) is 4.23. The van der Waals surface area contributed by atoms with E-state index in [-0.39, 0.29) is 18.0 Å². The topological polar surface area (TPSA) is 64.3 Å². The molecule has 0 aliphatic carbocycles. The van der Waals surface area contributed by atoms with E-state index in [1.165, 1.54) is 5.56 Å². The third kappa shape index (κ3) is 2.86. The molecule has 3 atom stereocenters. The molecule has 1 aromatic carbocycles. The number of rotatable bonds is 4. The molecule has 3 N–H and O–H groups in total. The molecular weight excluding hydrogens is 252 g/mol. The number of ether oxygens (including phenoxy) is 1. The molecule has 0 saturated carbocycles. The fraction of sp³-hybridized carbons (Fsp3) is 0.562. The Morgan fingerprint density at radius 1 is 1.50 bits per heavy atom. The Hall–Kier alpha value is -1.39. The van der Waals surface area contributed by atoms with Crippen molar-refractivity contribution in [3.63, 3.8) is 0 Å². The highest BCUT2D eigenvalue weighted by atomic mass is 16.5. The number of nitrogens with two attached hydrogens (primary N) is 1. The summed E-state index contributed by atoms with van der Waals surface area (Å²) in [6, 6.07) is 8.05. The molecule has 0 bridgehead atoms. The minimum Gasteiger partial charge on any atom is -0.379 e. The van der Waals surface area contributed by atoms with Crippen molar-refractivity contribution in [2.24, 2.45) is 11.1 Å². The van der Waals surface area contributed by atoms with Crippen molar-refractivity contribution in [2.75, 3.05) is 13.2 Å². The van der Waals surface area contributed by atoms with Crippen LogP contribution in [-0.2, 0) is 9.53 Å². The van der Waals surface area contributed by atoms with Crippen LogP contribution in [0, 0.1) is 12.3 Å². The average Bonchev–Trinajstić information content (AvgIpc) is 2.78. The van der Waals surface area contributed by atoms with Crippen LogP contribution in [0.4, 0.5) is 0 Å². The van der Waals surface area contributed by atoms with Gasteiger partial charge in [0, 0.05) is 6.04 Å². The summed E-state index contributed by atoms with van der Waals surface area (Å²) in [6.45, 7) is 6.84. The fourth-order valence-corrected chi connectivity index (χ4v) is 2.47. The van der Waals surface area contributed by atoms with Gasteiger partial charge in [-0.05, 0) is 25.8 Å². The molecule has 1 fully saturated rings. The number of aryl methyl sites for hydroxylation is 1. The van der Waals surface area contributed by atoms with Crippen LogP contribution in [0.1, 0.15) is 37.4 Å². The minimum atomic E-state index is -0.627. The number of amides is 1. The highest BCUT2D eigenvalue weighted by Crippen LogP contribution is 2.29. The zero-order valence-corrected chi connectivity index (χ0v) is 12.5. The number of hydrogen-bond donors (Lipinski definition) is 2. The van der Waals surface area contributed by atoms with Gasteiger partial charge in [0.05, 0.1) is 24.7 Å². The summed E-state index contributed by atoms with van der Waals surface area (Å²) < 4.78 is 5.34. The second kappa shape index (κ2) is 5.94. The van der Waals surface area contributed by atoms with Crippen LogP contribution in [0.3, 0.4) is 0 Å². The van der Waals surface area contributed by atoms with E-state index in [2.05, 4.69) is 43.4 Å². The van der Waals surface area contributed by atoms with Crippen molar-refractivity contribution in [3.05, 3.63) is 35.4 Å². The lowest BCUT2D eigenvalue weighted by atomic mass is 9.84. The lowest BCUT2D eigenvalue weighted by Crippen LogP contribution is -2.50. The largest absolute Gasteiger partial charge is 0.379 e. The maximum atomic E-state index is 12.5. The average molecular weight is 276 g/mol. The third-order valence-electron chi connectivity index (χ3n) is 4.23. The van der Waals surface area contributed by atoms with Gasteiger partial charge in [-0.1, -0.05) is 36.8 Å². The van der Waals surface area contributed by atoms with Crippen molar-refractivity contribution in [1.82, 2.24) is 5.32 Å². The molecule has 0 radical (unpaired) electrons. The zero-order chi connectivity index (χ0) is 14.8. The fourth-order valence-electron chi connectivity index (χ4n) is 2.47. The Bertz CT molecular complexity index is 472. The Morgan fingerprint density at radius 3 is 2.65 bits per heavy atom. The maximum Gasteiger partial charge on any atom is 0.230 e. The monoisotopic (exact) mass is 276 g/mol. The van der Waals surface area contributed by atoms with Crippen molar-refractivity contribution >= 4 is 5.91 Å². The second-order valence-electron chi connectivity index (χ2n) is 5.88. The number of carbonyl (C=O) groups excluding carboxylic acids is 1. The summed E-state index contributed by atoms with van der Waals surface area (Å²) in [7, 11) is 0. The van der Waals surface area contributed by atoms with E-state index < -0.39 is 5.41 Å². The van der Waals surface area contributed by atoms with Crippen molar-refractivity contribution in [2.45, 2.75) is 39.3 Å². The molecule has 1 saturated heterocycles. The van der Waals surface area contributed by atoms with E-state index in [0.29, 0.717) is 13.2 Å². The van der Waals surface area contributed by atoms with Gasteiger partial charge in [-0.15, -0.1) is 0 Å². The van der Waals surface area contributed by atoms with Crippen molar-refractivity contribution in [3.8, 4) is 0 Å². The Kier molecular flexibility index (Phi) is 4.45. The molecule has 2 rings (SSSR count). The van der Waals surface area contributed by atoms with Crippen molar-refractivity contribution < 1.29 is 9.53 Å². The van der Waals surface area contributed by atoms with E-state index in [9.17, 15) is 4.79 Å². The summed E-state index contributed by atoms with van der Waals surface area (Å²) in [5, 5.41) is 3.12. The standard InChI is InChI=1S/C16H24N2O2/c1-4-13(12-7-5-11(2)6-8-12)18-15(19)16(3)10-20-9-14(16)17/h5-8,13-14H,4,9-10,17H2,1-3H3,(H,18,19). The number of benzene rings is 1. The second-order valence-corrected chi connectivity index (χ2v) is 5.88. The van der Waals surface area contributed by atoms with E-state index in [4.69, 9.17) is 10.5 Å². The smallest absolute Gasteiger partial charge is 0.230 e. The maximum absolute atomic E-state index is 12.5. The van der Waals surface area contributed by atoms with Gasteiger partial charge in [0.25, 0.3) is 0 Å². The first kappa shape index (κ1) is 15.0. The van der Waals surface area contributed by atoms with E-state index >= 15 is 0 Å². The molecule has 20 heavy (non-hydrogen) atoms. The molecule has 110 valence electrons. The first-order chi connectivity index (χ1) is 9.47. The van der Waals surface area contributed by atoms with E-state index in [1.54, 1.807) is 0 Å². The molecule has 1 aromatic rings. The molecule has 3 unspecified atom stereocenters. The van der Waals surface area contributed by atoms with Gasteiger partial charge in [-0.25, -0.2) is 0 Å². The first-order valence-corrected chi connectivity index (χ1v) is 7.18. The molecule has 4 heteroatoms. The summed E-state index contributed by atoms with van der Waals surface area (Å²) in [5.41, 5.74) is 7.72. The molecule has 1 amide bonds. The van der Waals surface area contributed by atoms with Crippen LogP contribution in [0.2, 0.25) is 0 Å². The van der Waals surface area contributed by atoms with Crippen LogP contribution >= 0.6 is 0 Å². The lowest BCUT2D eigenvalue weighted by Gasteiger charge is -2.28. The van der Waals surface area contributed by atoms with Crippen molar-refractivity contribution in [1.29, 1.82) is 0 Å². The van der Waals surface area contributed by atoms with Gasteiger partial charge in [0.15, 0.2) is 0 Å². The van der Waals surface area contributed by atoms with Crippen LogP contribution in [0.15, 0.2) is 24.3 Å². The lowest BCUT2D eigenvalue weighted by molar-refractivity contribution is -0.131. The molecule has 1 aliphatic heterocycles. The predicted molar refractivity (Wildman–Crippen MR) is 79.3 cm³/mol. The Morgan fingerprint density at radius 2 is 2.15 bits per heavy atom. The van der Waals surface area contributed by atoms with Gasteiger partial charge < -0.3 is 15.8 Å². The Labute approximate surface area is 120 Å². The normalized spacial score (nSPS) is 27.3. The van der Waals surface area contributed by atoms with Gasteiger partial charge in [-0.3, -0.25) is 4.79 Å². The first-order valence-electron chi connectivity index (χ1n) is 7.18. The van der Waals surface area contributed by atoms with E-state index in [1.807, 2.05) is 6.92 Å². The molecule has 4 nitrogen and oxygen atoms in total. The summed E-state index contributed by atoms with van der Waals surface area (Å²) in [5.74, 6) is -0.0186. The van der Waals surface area contributed by atoms with Gasteiger partial charge in [0.1, 0.15) is 0 Å². The van der Waals surface area contributed by atoms with Crippen LogP contribution in [0.5, 0.6) is 0 Å². The van der Waals surface area contributed by atoms with E-state index in [0.717, 1.165) is 12.0 Å². The molecule has 0 aromatic heterocycles. The van der Waals surface area contributed by atoms with Crippen LogP contribution < -0.4 is 11.1 Å². The van der Waals surface area contributed by atoms with Gasteiger partial charge in [0.2, 0.25) is 5.91 Å². The number of carbonyl (C=O) groups is 1. The summed E-state index contributed by atoms with van der Waals surface area (Å²) in [6.07, 6.45) is 0.848. The molecule has 1 aliphatic rings. The Balaban J connectivity index is 2.10. The highest BCUT2D eigenvalue weighted by Gasteiger charge is 2.44. The summed E-state index contributed by atoms with van der Waals surface area (Å²) in [4.78, 5) is 12.5. The SMILES string of the molecule is CCC(NC(=O)C1(C)COCC1N)c1ccc(C)cc1. The minimum absolute atomic E-state index is 0.0186.